The number of ether oxygens (including phenoxy) is 2. The third kappa shape index (κ3) is 4.65. The summed E-state index contributed by atoms with van der Waals surface area (Å²) in [5, 5.41) is 0. The molecule has 0 saturated carbocycles. The summed E-state index contributed by atoms with van der Waals surface area (Å²) in [5.74, 6) is -2.39. The first-order valence-electron chi connectivity index (χ1n) is 12.9. The van der Waals surface area contributed by atoms with Crippen LogP contribution in [0.3, 0.4) is 0 Å². The molecule has 2 aliphatic heterocycles. The van der Waals surface area contributed by atoms with E-state index in [1.807, 2.05) is 0 Å². The van der Waals surface area contributed by atoms with E-state index in [1.54, 1.807) is 49.4 Å². The van der Waals surface area contributed by atoms with Crippen LogP contribution in [0.15, 0.2) is 92.4 Å². The molecule has 2 aliphatic rings. The lowest BCUT2D eigenvalue weighted by molar-refractivity contribution is -0.136. The minimum absolute atomic E-state index is 0.0291. The number of carbonyl (C=O) groups is 4. The van der Waals surface area contributed by atoms with E-state index in [1.165, 1.54) is 41.0 Å². The molecule has 43 heavy (non-hydrogen) atoms. The zero-order valence-electron chi connectivity index (χ0n) is 22.7. The summed E-state index contributed by atoms with van der Waals surface area (Å²) in [6, 6.07) is 15.1. The van der Waals surface area contributed by atoms with Gasteiger partial charge in [0.1, 0.15) is 16.8 Å². The Morgan fingerprint density at radius 2 is 1.77 bits per heavy atom. The second kappa shape index (κ2) is 10.7. The largest absolute Gasteiger partial charge is 0.466 e. The van der Waals surface area contributed by atoms with Crippen LogP contribution in [0.5, 0.6) is 5.75 Å². The molecule has 0 aliphatic carbocycles. The predicted octanol–water partition coefficient (Wildman–Crippen LogP) is 1.42. The van der Waals surface area contributed by atoms with Gasteiger partial charge in [0.15, 0.2) is 4.80 Å². The number of benzene rings is 2. The first-order chi connectivity index (χ1) is 20.7. The molecule has 2 aromatic carbocycles. The van der Waals surface area contributed by atoms with Crippen molar-refractivity contribution in [2.24, 2.45) is 10.7 Å². The fourth-order valence-electron chi connectivity index (χ4n) is 5.14. The number of thiazole rings is 1. The number of amides is 2. The molecule has 13 heteroatoms. The number of nitrogens with two attached hydrogens (primary N) is 1. The van der Waals surface area contributed by atoms with Crippen molar-refractivity contribution in [1.29, 1.82) is 0 Å². The van der Waals surface area contributed by atoms with Crippen LogP contribution in [0.1, 0.15) is 34.6 Å². The van der Waals surface area contributed by atoms with Crippen LogP contribution in [0.2, 0.25) is 0 Å². The number of methoxy groups -OCH3 is 1. The van der Waals surface area contributed by atoms with Crippen LogP contribution in [0.25, 0.3) is 5.57 Å². The van der Waals surface area contributed by atoms with Gasteiger partial charge in [0.05, 0.1) is 41.9 Å². The molecule has 2 aromatic heterocycles. The number of rotatable bonds is 6. The monoisotopic (exact) mass is 598 g/mol. The molecule has 2 amide bonds. The van der Waals surface area contributed by atoms with Crippen molar-refractivity contribution in [3.05, 3.63) is 115 Å². The topological polar surface area (TPSA) is 164 Å². The van der Waals surface area contributed by atoms with Crippen LogP contribution < -0.4 is 30.3 Å². The van der Waals surface area contributed by atoms with Crippen molar-refractivity contribution in [3.63, 3.8) is 0 Å². The van der Waals surface area contributed by atoms with E-state index in [2.05, 4.69) is 4.99 Å². The maximum atomic E-state index is 14.2. The van der Waals surface area contributed by atoms with Gasteiger partial charge in [0.2, 0.25) is 11.7 Å². The Bertz CT molecular complexity index is 2040. The minimum atomic E-state index is -0.971. The van der Waals surface area contributed by atoms with E-state index < -0.39 is 35.4 Å². The third-order valence-electron chi connectivity index (χ3n) is 7.00. The quantitative estimate of drug-likeness (QED) is 0.257. The third-order valence-corrected chi connectivity index (χ3v) is 8.05. The summed E-state index contributed by atoms with van der Waals surface area (Å²) in [4.78, 5) is 70.8. The van der Waals surface area contributed by atoms with Crippen molar-refractivity contribution in [2.75, 3.05) is 18.6 Å². The molecule has 0 bridgehead atoms. The van der Waals surface area contributed by atoms with E-state index in [4.69, 9.17) is 19.6 Å². The second-order valence-electron chi connectivity index (χ2n) is 9.58. The second-order valence-corrected chi connectivity index (χ2v) is 10.6. The average molecular weight is 599 g/mol. The molecule has 0 radical (unpaired) electrons. The summed E-state index contributed by atoms with van der Waals surface area (Å²) >= 11 is 0.998. The summed E-state index contributed by atoms with van der Waals surface area (Å²) in [6.45, 7) is 1.27. The Morgan fingerprint density at radius 1 is 1.02 bits per heavy atom. The van der Waals surface area contributed by atoms with E-state index >= 15 is 0 Å². The van der Waals surface area contributed by atoms with Gasteiger partial charge in [0, 0.05) is 5.56 Å². The number of primary amides is 1. The highest BCUT2D eigenvalue weighted by Crippen LogP contribution is 2.35. The standard InChI is InChI=1S/C30H22N4O8S/c1-15-22(29(39)40-2)24(16-9-11-17(12-10-16)42-28(38)20-8-5-13-41-20)34-27(37)25(43-30(34)32-15)23-18-6-3-4-7-19(18)33(26(23)36)14-21(31)35/h3-13,24H,14H2,1-2H3,(H2,31,35)/b25-23-/t24-/m1/s1. The fourth-order valence-corrected chi connectivity index (χ4v) is 6.28. The molecule has 4 heterocycles. The lowest BCUT2D eigenvalue weighted by Gasteiger charge is -2.24. The van der Waals surface area contributed by atoms with Gasteiger partial charge >= 0.3 is 11.9 Å². The number of nitrogens with zero attached hydrogens (tertiary/aromatic N) is 3. The number of allylic oxidation sites excluding steroid dienone is 1. The van der Waals surface area contributed by atoms with Gasteiger partial charge < -0.3 is 19.6 Å². The van der Waals surface area contributed by atoms with Gasteiger partial charge in [-0.1, -0.05) is 41.7 Å². The number of aromatic nitrogens is 1. The van der Waals surface area contributed by atoms with E-state index in [0.29, 0.717) is 22.5 Å². The molecule has 216 valence electrons. The molecule has 2 N–H and O–H groups in total. The Morgan fingerprint density at radius 3 is 2.44 bits per heavy atom. The highest BCUT2D eigenvalue weighted by atomic mass is 32.1. The first-order valence-corrected chi connectivity index (χ1v) is 13.7. The fraction of sp³-hybridized carbons (Fsp3) is 0.133. The Balaban J connectivity index is 1.50. The van der Waals surface area contributed by atoms with Gasteiger partial charge in [-0.15, -0.1) is 0 Å². The minimum Gasteiger partial charge on any atom is -0.466 e. The van der Waals surface area contributed by atoms with Gasteiger partial charge in [-0.05, 0) is 42.8 Å². The lowest BCUT2D eigenvalue weighted by atomic mass is 9.96. The number of anilines is 1. The van der Waals surface area contributed by atoms with Crippen molar-refractivity contribution in [2.45, 2.75) is 13.0 Å². The molecule has 0 fully saturated rings. The number of hydrogen-bond donors (Lipinski definition) is 1. The maximum Gasteiger partial charge on any atom is 0.379 e. The van der Waals surface area contributed by atoms with Crippen LogP contribution in [-0.2, 0) is 19.1 Å². The predicted molar refractivity (Wildman–Crippen MR) is 153 cm³/mol. The Hall–Kier alpha value is -5.56. The maximum absolute atomic E-state index is 14.2. The lowest BCUT2D eigenvalue weighted by Crippen LogP contribution is -2.41. The van der Waals surface area contributed by atoms with Crippen LogP contribution in [0.4, 0.5) is 5.69 Å². The molecular formula is C30H22N4O8S. The number of carbonyl (C=O) groups excluding carboxylic acids is 4. The van der Waals surface area contributed by atoms with Crippen molar-refractivity contribution >= 4 is 46.4 Å². The summed E-state index contributed by atoms with van der Waals surface area (Å²) in [6.07, 6.45) is 1.35. The molecule has 6 rings (SSSR count). The van der Waals surface area contributed by atoms with Crippen LogP contribution in [0, 0.1) is 0 Å². The number of hydrogen-bond acceptors (Lipinski definition) is 10. The summed E-state index contributed by atoms with van der Waals surface area (Å²) in [7, 11) is 1.23. The number of para-hydroxylation sites is 1. The zero-order valence-corrected chi connectivity index (χ0v) is 23.5. The SMILES string of the molecule is COC(=O)C1=C(C)N=c2s/c(=C3\C(=O)N(CC(N)=O)c4ccccc43)c(=O)n2[C@@H]1c1ccc(OC(=O)c2ccco2)cc1. The van der Waals surface area contributed by atoms with E-state index in [-0.39, 0.29) is 38.5 Å². The normalized spacial score (nSPS) is 16.8. The zero-order chi connectivity index (χ0) is 30.4. The number of esters is 2. The van der Waals surface area contributed by atoms with Crippen molar-refractivity contribution in [1.82, 2.24) is 4.57 Å². The summed E-state index contributed by atoms with van der Waals surface area (Å²) < 4.78 is 16.9. The van der Waals surface area contributed by atoms with E-state index in [0.717, 1.165) is 11.3 Å². The molecule has 0 spiro atoms. The molecule has 0 saturated heterocycles. The summed E-state index contributed by atoms with van der Waals surface area (Å²) in [5.41, 5.74) is 6.83. The Labute approximate surface area is 246 Å². The molecular weight excluding hydrogens is 576 g/mol. The highest BCUT2D eigenvalue weighted by Gasteiger charge is 2.37. The smallest absolute Gasteiger partial charge is 0.379 e. The molecule has 1 atom stereocenters. The number of fused-ring (bicyclic) bond motifs is 2. The first kappa shape index (κ1) is 27.6. The van der Waals surface area contributed by atoms with Gasteiger partial charge in [-0.2, -0.15) is 0 Å². The molecule has 0 unspecified atom stereocenters. The number of furan rings is 1. The van der Waals surface area contributed by atoms with Gasteiger partial charge in [-0.3, -0.25) is 23.9 Å². The van der Waals surface area contributed by atoms with Crippen molar-refractivity contribution in [3.8, 4) is 5.75 Å². The van der Waals surface area contributed by atoms with E-state index in [9.17, 15) is 24.0 Å². The average Bonchev–Trinajstić information content (AvgIpc) is 3.70. The van der Waals surface area contributed by atoms with Gasteiger partial charge in [-0.25, -0.2) is 14.6 Å². The highest BCUT2D eigenvalue weighted by molar-refractivity contribution is 7.07. The van der Waals surface area contributed by atoms with Gasteiger partial charge in [0.25, 0.3) is 11.5 Å². The molecule has 12 nitrogen and oxygen atoms in total. The van der Waals surface area contributed by atoms with Crippen LogP contribution >= 0.6 is 11.3 Å². The Kier molecular flexibility index (Phi) is 6.86. The van der Waals surface area contributed by atoms with Crippen LogP contribution in [-0.4, -0.2) is 42.0 Å². The van der Waals surface area contributed by atoms with Crippen molar-refractivity contribution < 1.29 is 33.1 Å². The molecule has 4 aromatic rings.